The van der Waals surface area contributed by atoms with E-state index in [1.54, 1.807) is 35.0 Å². The minimum Gasteiger partial charge on any atom is -0.508 e. The number of piperidine rings is 1. The van der Waals surface area contributed by atoms with Crippen molar-refractivity contribution in [3.8, 4) is 11.4 Å². The van der Waals surface area contributed by atoms with Gasteiger partial charge in [0.05, 0.1) is 6.20 Å². The fourth-order valence-electron chi connectivity index (χ4n) is 3.79. The van der Waals surface area contributed by atoms with E-state index < -0.39 is 0 Å². The predicted molar refractivity (Wildman–Crippen MR) is 111 cm³/mol. The van der Waals surface area contributed by atoms with Crippen LogP contribution in [0.2, 0.25) is 0 Å². The molecule has 1 fully saturated rings. The number of rotatable bonds is 4. The lowest BCUT2D eigenvalue weighted by Crippen LogP contribution is -2.38. The van der Waals surface area contributed by atoms with Gasteiger partial charge in [-0.1, -0.05) is 23.9 Å². The maximum atomic E-state index is 13.3. The van der Waals surface area contributed by atoms with Gasteiger partial charge in [0.25, 0.3) is 5.91 Å². The van der Waals surface area contributed by atoms with Gasteiger partial charge in [-0.05, 0) is 67.0 Å². The Labute approximate surface area is 173 Å². The summed E-state index contributed by atoms with van der Waals surface area (Å²) >= 11 is 1.45. The van der Waals surface area contributed by atoms with Crippen LogP contribution in [0, 0.1) is 5.82 Å². The number of amides is 1. The van der Waals surface area contributed by atoms with Gasteiger partial charge in [-0.25, -0.2) is 9.37 Å². The SMILES string of the molecule is CSc1ncc(C(=O)N2CCC(c3ccc(O)cc3)CC2)n1-c1ccc(F)cc1. The Morgan fingerprint density at radius 3 is 2.38 bits per heavy atom. The molecule has 0 unspecified atom stereocenters. The number of imidazole rings is 1. The van der Waals surface area contributed by atoms with Crippen molar-refractivity contribution >= 4 is 17.7 Å². The zero-order valence-corrected chi connectivity index (χ0v) is 16.9. The summed E-state index contributed by atoms with van der Waals surface area (Å²) in [6, 6.07) is 13.4. The Morgan fingerprint density at radius 1 is 1.10 bits per heavy atom. The van der Waals surface area contributed by atoms with E-state index >= 15 is 0 Å². The predicted octanol–water partition coefficient (Wildman–Crippen LogP) is 4.46. The maximum Gasteiger partial charge on any atom is 0.272 e. The molecule has 1 amide bonds. The molecule has 0 radical (unpaired) electrons. The molecule has 0 bridgehead atoms. The zero-order chi connectivity index (χ0) is 20.4. The third-order valence-electron chi connectivity index (χ3n) is 5.36. The largest absolute Gasteiger partial charge is 0.508 e. The van der Waals surface area contributed by atoms with Crippen LogP contribution < -0.4 is 0 Å². The van der Waals surface area contributed by atoms with Gasteiger partial charge < -0.3 is 10.0 Å². The molecule has 29 heavy (non-hydrogen) atoms. The van der Waals surface area contributed by atoms with Crippen molar-refractivity contribution in [3.05, 3.63) is 71.8 Å². The Bertz CT molecular complexity index is 994. The van der Waals surface area contributed by atoms with E-state index in [9.17, 15) is 14.3 Å². The van der Waals surface area contributed by atoms with Gasteiger partial charge >= 0.3 is 0 Å². The summed E-state index contributed by atoms with van der Waals surface area (Å²) in [5.41, 5.74) is 2.40. The third-order valence-corrected chi connectivity index (χ3v) is 6.02. The molecule has 1 saturated heterocycles. The molecule has 0 aliphatic carbocycles. The number of nitrogens with zero attached hydrogens (tertiary/aromatic N) is 3. The van der Waals surface area contributed by atoms with Crippen molar-refractivity contribution in [2.45, 2.75) is 23.9 Å². The minimum atomic E-state index is -0.316. The van der Waals surface area contributed by atoms with Crippen LogP contribution in [0.4, 0.5) is 4.39 Å². The molecule has 1 aromatic heterocycles. The number of aromatic nitrogens is 2. The van der Waals surface area contributed by atoms with Gasteiger partial charge in [-0.2, -0.15) is 0 Å². The van der Waals surface area contributed by atoms with Crippen LogP contribution in [0.5, 0.6) is 5.75 Å². The van der Waals surface area contributed by atoms with Gasteiger partial charge in [0, 0.05) is 18.8 Å². The van der Waals surface area contributed by atoms with Crippen molar-refractivity contribution in [1.29, 1.82) is 0 Å². The highest BCUT2D eigenvalue weighted by atomic mass is 32.2. The molecule has 1 aliphatic heterocycles. The molecular weight excluding hydrogens is 389 g/mol. The van der Waals surface area contributed by atoms with Crippen molar-refractivity contribution in [1.82, 2.24) is 14.5 Å². The number of hydrogen-bond acceptors (Lipinski definition) is 4. The van der Waals surface area contributed by atoms with E-state index in [4.69, 9.17) is 0 Å². The van der Waals surface area contributed by atoms with Crippen molar-refractivity contribution in [3.63, 3.8) is 0 Å². The Kier molecular flexibility index (Phi) is 5.58. The monoisotopic (exact) mass is 411 g/mol. The molecule has 3 aromatic rings. The second-order valence-corrected chi connectivity index (χ2v) is 7.87. The quantitative estimate of drug-likeness (QED) is 0.644. The molecule has 1 N–H and O–H groups in total. The Morgan fingerprint density at radius 2 is 1.76 bits per heavy atom. The lowest BCUT2D eigenvalue weighted by Gasteiger charge is -2.32. The van der Waals surface area contributed by atoms with E-state index in [1.807, 2.05) is 23.3 Å². The fourth-order valence-corrected chi connectivity index (χ4v) is 4.34. The van der Waals surface area contributed by atoms with Gasteiger partial charge in [-0.3, -0.25) is 9.36 Å². The van der Waals surface area contributed by atoms with Crippen LogP contribution in [0.15, 0.2) is 59.9 Å². The minimum absolute atomic E-state index is 0.0636. The second-order valence-electron chi connectivity index (χ2n) is 7.10. The van der Waals surface area contributed by atoms with Gasteiger partial charge in [0.1, 0.15) is 17.3 Å². The van der Waals surface area contributed by atoms with Crippen molar-refractivity contribution in [2.24, 2.45) is 0 Å². The van der Waals surface area contributed by atoms with Crippen LogP contribution in [-0.2, 0) is 0 Å². The smallest absolute Gasteiger partial charge is 0.272 e. The number of carbonyl (C=O) groups is 1. The van der Waals surface area contributed by atoms with Crippen LogP contribution in [0.1, 0.15) is 34.8 Å². The van der Waals surface area contributed by atoms with E-state index in [0.29, 0.717) is 29.9 Å². The molecule has 2 aromatic carbocycles. The number of halogens is 1. The summed E-state index contributed by atoms with van der Waals surface area (Å²) in [5.74, 6) is 0.262. The molecule has 5 nitrogen and oxygen atoms in total. The van der Waals surface area contributed by atoms with Crippen LogP contribution >= 0.6 is 11.8 Å². The number of aromatic hydroxyl groups is 1. The topological polar surface area (TPSA) is 58.4 Å². The van der Waals surface area contributed by atoms with Crippen molar-refractivity contribution in [2.75, 3.05) is 19.3 Å². The highest BCUT2D eigenvalue weighted by molar-refractivity contribution is 7.98. The highest BCUT2D eigenvalue weighted by Gasteiger charge is 2.27. The number of benzene rings is 2. The van der Waals surface area contributed by atoms with Crippen molar-refractivity contribution < 1.29 is 14.3 Å². The first-order chi connectivity index (χ1) is 14.1. The molecule has 0 atom stereocenters. The van der Waals surface area contributed by atoms with E-state index in [0.717, 1.165) is 18.5 Å². The normalized spacial score (nSPS) is 14.9. The summed E-state index contributed by atoms with van der Waals surface area (Å²) in [6.07, 6.45) is 5.25. The molecule has 0 spiro atoms. The molecule has 4 rings (SSSR count). The maximum absolute atomic E-state index is 13.3. The first kappa shape index (κ1) is 19.5. The molecule has 7 heteroatoms. The summed E-state index contributed by atoms with van der Waals surface area (Å²) in [5, 5.41) is 10.2. The molecule has 150 valence electrons. The number of likely N-dealkylation sites (tertiary alicyclic amines) is 1. The number of hydrogen-bond donors (Lipinski definition) is 1. The second kappa shape index (κ2) is 8.29. The van der Waals surface area contributed by atoms with Crippen LogP contribution in [-0.4, -0.2) is 44.8 Å². The Balaban J connectivity index is 1.53. The average molecular weight is 412 g/mol. The first-order valence-electron chi connectivity index (χ1n) is 9.52. The average Bonchev–Trinajstić information content (AvgIpc) is 3.18. The number of phenolic OH excluding ortho intramolecular Hbond substituents is 1. The lowest BCUT2D eigenvalue weighted by atomic mass is 9.89. The summed E-state index contributed by atoms with van der Waals surface area (Å²) < 4.78 is 15.1. The summed E-state index contributed by atoms with van der Waals surface area (Å²) in [4.78, 5) is 19.5. The van der Waals surface area contributed by atoms with Gasteiger partial charge in [0.2, 0.25) is 0 Å². The third kappa shape index (κ3) is 4.00. The standard InChI is InChI=1S/C22H22FN3O2S/c1-29-22-24-14-20(26(22)18-6-4-17(23)5-7-18)21(28)25-12-10-16(11-13-25)15-2-8-19(27)9-3-15/h2-9,14,16,27H,10-13H2,1H3. The molecule has 2 heterocycles. The fraction of sp³-hybridized carbons (Fsp3) is 0.273. The molecular formula is C22H22FN3O2S. The van der Waals surface area contributed by atoms with E-state index in [2.05, 4.69) is 4.98 Å². The number of carbonyl (C=O) groups excluding carboxylic acids is 1. The lowest BCUT2D eigenvalue weighted by molar-refractivity contribution is 0.0704. The van der Waals surface area contributed by atoms with Gasteiger partial charge in [0.15, 0.2) is 5.16 Å². The molecule has 1 aliphatic rings. The van der Waals surface area contributed by atoms with Crippen LogP contribution in [0.25, 0.3) is 5.69 Å². The zero-order valence-electron chi connectivity index (χ0n) is 16.1. The van der Waals surface area contributed by atoms with E-state index in [1.165, 1.54) is 29.5 Å². The summed E-state index contributed by atoms with van der Waals surface area (Å²) in [7, 11) is 0. The van der Waals surface area contributed by atoms with E-state index in [-0.39, 0.29) is 17.5 Å². The molecule has 0 saturated carbocycles. The Hall–Kier alpha value is -2.80. The highest BCUT2D eigenvalue weighted by Crippen LogP contribution is 2.30. The first-order valence-corrected chi connectivity index (χ1v) is 10.7. The van der Waals surface area contributed by atoms with Crippen LogP contribution in [0.3, 0.4) is 0 Å². The number of thioether (sulfide) groups is 1. The summed E-state index contributed by atoms with van der Waals surface area (Å²) in [6.45, 7) is 1.32. The van der Waals surface area contributed by atoms with Gasteiger partial charge in [-0.15, -0.1) is 0 Å². The number of phenols is 1.